The Hall–Kier alpha value is -4.26. The second-order valence-electron chi connectivity index (χ2n) is 8.10. The summed E-state index contributed by atoms with van der Waals surface area (Å²) < 4.78 is 51.8. The van der Waals surface area contributed by atoms with Crippen molar-refractivity contribution in [2.24, 2.45) is 0 Å². The summed E-state index contributed by atoms with van der Waals surface area (Å²) >= 11 is 0. The standard InChI is InChI=1S/C27H16F3NO3/c28-27(29,30)16-7-5-8-17(15-16)31-21-12-6-11-20-24(21)25(32)34-26(20)18-9-1-3-13-22(18)33-23-14-4-2-10-19(23)26/h1-15,31H. The molecule has 7 heteroatoms. The molecular formula is C27H16F3NO3. The topological polar surface area (TPSA) is 47.6 Å². The van der Waals surface area contributed by atoms with Crippen molar-refractivity contribution in [2.45, 2.75) is 11.8 Å². The van der Waals surface area contributed by atoms with Crippen LogP contribution in [0.15, 0.2) is 91.0 Å². The van der Waals surface area contributed by atoms with Gasteiger partial charge in [-0.15, -0.1) is 0 Å². The summed E-state index contributed by atoms with van der Waals surface area (Å²) in [5.74, 6) is 0.563. The monoisotopic (exact) mass is 459 g/mol. The highest BCUT2D eigenvalue weighted by molar-refractivity contribution is 6.03. The molecule has 4 nitrogen and oxygen atoms in total. The number of anilines is 2. The number of carbonyl (C=O) groups excluding carboxylic acids is 1. The highest BCUT2D eigenvalue weighted by Gasteiger charge is 2.54. The highest BCUT2D eigenvalue weighted by atomic mass is 19.4. The predicted octanol–water partition coefficient (Wildman–Crippen LogP) is 7.02. The predicted molar refractivity (Wildman–Crippen MR) is 119 cm³/mol. The van der Waals surface area contributed by atoms with Crippen LogP contribution in [-0.4, -0.2) is 5.97 Å². The zero-order valence-corrected chi connectivity index (χ0v) is 17.5. The van der Waals surface area contributed by atoms with Crippen molar-refractivity contribution in [1.29, 1.82) is 0 Å². The minimum atomic E-state index is -4.48. The first kappa shape index (κ1) is 20.4. The summed E-state index contributed by atoms with van der Waals surface area (Å²) in [6, 6.07) is 24.7. The lowest BCUT2D eigenvalue weighted by molar-refractivity contribution is -0.137. The van der Waals surface area contributed by atoms with Gasteiger partial charge in [0.2, 0.25) is 0 Å². The summed E-state index contributed by atoms with van der Waals surface area (Å²) in [5.41, 5.74) is 0.781. The second kappa shape index (κ2) is 7.12. The van der Waals surface area contributed by atoms with Gasteiger partial charge in [-0.25, -0.2) is 4.79 Å². The van der Waals surface area contributed by atoms with E-state index in [1.165, 1.54) is 12.1 Å². The molecule has 6 rings (SSSR count). The largest absolute Gasteiger partial charge is 0.456 e. The van der Waals surface area contributed by atoms with E-state index in [0.29, 0.717) is 33.9 Å². The first-order chi connectivity index (χ1) is 16.4. The number of rotatable bonds is 2. The molecule has 2 aliphatic rings. The molecule has 0 fully saturated rings. The molecule has 0 radical (unpaired) electrons. The molecule has 0 atom stereocenters. The fraction of sp³-hybridized carbons (Fsp3) is 0.0741. The third-order valence-corrected chi connectivity index (χ3v) is 6.12. The van der Waals surface area contributed by atoms with Gasteiger partial charge in [-0.3, -0.25) is 0 Å². The average molecular weight is 459 g/mol. The van der Waals surface area contributed by atoms with E-state index in [9.17, 15) is 18.0 Å². The molecule has 2 heterocycles. The smallest absolute Gasteiger partial charge is 0.416 e. The Morgan fingerprint density at radius 3 is 2.03 bits per heavy atom. The summed E-state index contributed by atoms with van der Waals surface area (Å²) in [4.78, 5) is 13.3. The van der Waals surface area contributed by atoms with E-state index in [0.717, 1.165) is 12.1 Å². The van der Waals surface area contributed by atoms with E-state index in [4.69, 9.17) is 9.47 Å². The second-order valence-corrected chi connectivity index (χ2v) is 8.10. The Bertz CT molecular complexity index is 1420. The highest BCUT2D eigenvalue weighted by Crippen LogP contribution is 2.56. The minimum absolute atomic E-state index is 0.213. The number of hydrogen-bond acceptors (Lipinski definition) is 4. The van der Waals surface area contributed by atoms with Gasteiger partial charge >= 0.3 is 12.1 Å². The lowest BCUT2D eigenvalue weighted by atomic mass is 9.77. The lowest BCUT2D eigenvalue weighted by Crippen LogP contribution is -2.32. The zero-order chi connectivity index (χ0) is 23.5. The molecule has 0 aliphatic carbocycles. The van der Waals surface area contributed by atoms with E-state index >= 15 is 0 Å². The van der Waals surface area contributed by atoms with Gasteiger partial charge in [0.15, 0.2) is 5.60 Å². The summed E-state index contributed by atoms with van der Waals surface area (Å²) in [6.45, 7) is 0. The van der Waals surface area contributed by atoms with Crippen LogP contribution in [-0.2, 0) is 16.5 Å². The van der Waals surface area contributed by atoms with Gasteiger partial charge in [-0.05, 0) is 36.4 Å². The fourth-order valence-corrected chi connectivity index (χ4v) is 4.70. The fourth-order valence-electron chi connectivity index (χ4n) is 4.70. The number of ether oxygens (including phenoxy) is 2. The molecule has 1 N–H and O–H groups in total. The van der Waals surface area contributed by atoms with Crippen molar-refractivity contribution < 1.29 is 27.4 Å². The van der Waals surface area contributed by atoms with E-state index in [1.807, 2.05) is 48.5 Å². The van der Waals surface area contributed by atoms with Gasteiger partial charge in [0, 0.05) is 22.4 Å². The van der Waals surface area contributed by atoms with Crippen LogP contribution in [0, 0.1) is 0 Å². The van der Waals surface area contributed by atoms with Crippen LogP contribution in [0.5, 0.6) is 11.5 Å². The van der Waals surface area contributed by atoms with E-state index in [-0.39, 0.29) is 11.3 Å². The third-order valence-electron chi connectivity index (χ3n) is 6.12. The van der Waals surface area contributed by atoms with Crippen molar-refractivity contribution in [2.75, 3.05) is 5.32 Å². The van der Waals surface area contributed by atoms with Gasteiger partial charge in [-0.2, -0.15) is 13.2 Å². The summed E-state index contributed by atoms with van der Waals surface area (Å²) in [7, 11) is 0. The number of para-hydroxylation sites is 2. The number of benzene rings is 4. The Kier molecular flexibility index (Phi) is 4.26. The number of hydrogen-bond donors (Lipinski definition) is 1. The molecule has 0 unspecified atom stereocenters. The van der Waals surface area contributed by atoms with Crippen LogP contribution in [0.3, 0.4) is 0 Å². The van der Waals surface area contributed by atoms with Crippen molar-refractivity contribution in [3.63, 3.8) is 0 Å². The zero-order valence-electron chi connectivity index (χ0n) is 17.5. The Labute approximate surface area is 192 Å². The Balaban J connectivity index is 1.54. The van der Waals surface area contributed by atoms with Crippen LogP contribution in [0.4, 0.5) is 24.5 Å². The lowest BCUT2D eigenvalue weighted by Gasteiger charge is -2.36. The first-order valence-electron chi connectivity index (χ1n) is 10.6. The molecule has 4 aromatic carbocycles. The van der Waals surface area contributed by atoms with Gasteiger partial charge < -0.3 is 14.8 Å². The first-order valence-corrected chi connectivity index (χ1v) is 10.6. The van der Waals surface area contributed by atoms with Crippen LogP contribution in [0.2, 0.25) is 0 Å². The average Bonchev–Trinajstić information content (AvgIpc) is 3.13. The van der Waals surface area contributed by atoms with Gasteiger partial charge in [-0.1, -0.05) is 54.6 Å². The summed E-state index contributed by atoms with van der Waals surface area (Å²) in [5, 5.41) is 2.99. The van der Waals surface area contributed by atoms with Gasteiger partial charge in [0.1, 0.15) is 11.5 Å². The molecule has 168 valence electrons. The maximum atomic E-state index is 13.3. The molecule has 0 bridgehead atoms. The normalized spacial score (nSPS) is 15.1. The van der Waals surface area contributed by atoms with Crippen LogP contribution >= 0.6 is 0 Å². The maximum Gasteiger partial charge on any atom is 0.416 e. The third kappa shape index (κ3) is 2.90. The molecule has 0 aromatic heterocycles. The Morgan fingerprint density at radius 2 is 1.35 bits per heavy atom. The number of nitrogens with one attached hydrogen (secondary N) is 1. The van der Waals surface area contributed by atoms with Crippen molar-refractivity contribution in [3.8, 4) is 11.5 Å². The van der Waals surface area contributed by atoms with Crippen LogP contribution in [0.1, 0.15) is 32.6 Å². The molecule has 2 aliphatic heterocycles. The molecule has 4 aromatic rings. The quantitative estimate of drug-likeness (QED) is 0.327. The number of fused-ring (bicyclic) bond motifs is 6. The summed E-state index contributed by atoms with van der Waals surface area (Å²) in [6.07, 6.45) is -4.48. The van der Waals surface area contributed by atoms with E-state index < -0.39 is 23.3 Å². The molecule has 1 spiro atoms. The van der Waals surface area contributed by atoms with Crippen molar-refractivity contribution in [1.82, 2.24) is 0 Å². The van der Waals surface area contributed by atoms with Crippen molar-refractivity contribution >= 4 is 17.3 Å². The van der Waals surface area contributed by atoms with E-state index in [1.54, 1.807) is 18.2 Å². The van der Waals surface area contributed by atoms with Crippen LogP contribution in [0.25, 0.3) is 0 Å². The van der Waals surface area contributed by atoms with Crippen LogP contribution < -0.4 is 10.1 Å². The van der Waals surface area contributed by atoms with Gasteiger partial charge in [0.05, 0.1) is 16.8 Å². The SMILES string of the molecule is O=C1OC2(c3ccccc3Oc3ccccc32)c2cccc(Nc3cccc(C(F)(F)F)c3)c21. The van der Waals surface area contributed by atoms with Gasteiger partial charge in [0.25, 0.3) is 0 Å². The number of alkyl halides is 3. The molecule has 0 saturated heterocycles. The number of esters is 1. The maximum absolute atomic E-state index is 13.3. The van der Waals surface area contributed by atoms with E-state index in [2.05, 4.69) is 5.32 Å². The number of halogens is 3. The molecule has 0 amide bonds. The van der Waals surface area contributed by atoms with Crippen molar-refractivity contribution in [3.05, 3.63) is 119 Å². The number of carbonyl (C=O) groups is 1. The minimum Gasteiger partial charge on any atom is -0.456 e. The molecule has 0 saturated carbocycles. The molecular weight excluding hydrogens is 443 g/mol. The Morgan fingerprint density at radius 1 is 0.735 bits per heavy atom. The molecule has 34 heavy (non-hydrogen) atoms.